The van der Waals surface area contributed by atoms with Crippen molar-refractivity contribution < 1.29 is 0 Å². The van der Waals surface area contributed by atoms with Crippen molar-refractivity contribution in [3.8, 4) is 0 Å². The van der Waals surface area contributed by atoms with E-state index in [1.807, 2.05) is 12.1 Å². The number of rotatable bonds is 4. The molecule has 0 amide bonds. The second-order valence-corrected chi connectivity index (χ2v) is 7.05. The predicted octanol–water partition coefficient (Wildman–Crippen LogP) is 4.76. The van der Waals surface area contributed by atoms with E-state index in [1.54, 1.807) is 0 Å². The quantitative estimate of drug-likeness (QED) is 0.786. The van der Waals surface area contributed by atoms with Gasteiger partial charge in [-0.2, -0.15) is 0 Å². The molecule has 0 radical (unpaired) electrons. The van der Waals surface area contributed by atoms with Crippen molar-refractivity contribution in [3.05, 3.63) is 33.3 Å². The SMILES string of the molecule is CN(C1CCCCCC1)C(CN)c1ccc(Br)cc1Cl. The van der Waals surface area contributed by atoms with Gasteiger partial charge in [-0.25, -0.2) is 0 Å². The molecular weight excluding hydrogens is 336 g/mol. The van der Waals surface area contributed by atoms with Gasteiger partial charge >= 0.3 is 0 Å². The fraction of sp³-hybridized carbons (Fsp3) is 0.625. The van der Waals surface area contributed by atoms with Crippen molar-refractivity contribution in [1.82, 2.24) is 4.90 Å². The van der Waals surface area contributed by atoms with Gasteiger partial charge in [-0.3, -0.25) is 4.90 Å². The molecule has 20 heavy (non-hydrogen) atoms. The molecule has 2 rings (SSSR count). The third-order valence-electron chi connectivity index (χ3n) is 4.44. The summed E-state index contributed by atoms with van der Waals surface area (Å²) < 4.78 is 1.01. The van der Waals surface area contributed by atoms with Crippen LogP contribution in [0.4, 0.5) is 0 Å². The molecule has 0 heterocycles. The second-order valence-electron chi connectivity index (χ2n) is 5.73. The molecule has 4 heteroatoms. The Labute approximate surface area is 135 Å². The molecule has 0 spiro atoms. The fourth-order valence-electron chi connectivity index (χ4n) is 3.20. The molecule has 112 valence electrons. The van der Waals surface area contributed by atoms with Crippen molar-refractivity contribution in [2.24, 2.45) is 5.73 Å². The first-order chi connectivity index (χ1) is 9.63. The number of nitrogens with two attached hydrogens (primary N) is 1. The molecule has 0 aliphatic heterocycles. The van der Waals surface area contributed by atoms with Gasteiger partial charge in [0.1, 0.15) is 0 Å². The first kappa shape index (κ1) is 16.3. The molecule has 2 N–H and O–H groups in total. The van der Waals surface area contributed by atoms with E-state index < -0.39 is 0 Å². The Balaban J connectivity index is 2.17. The molecule has 1 aliphatic rings. The zero-order valence-corrected chi connectivity index (χ0v) is 14.5. The summed E-state index contributed by atoms with van der Waals surface area (Å²) in [4.78, 5) is 2.44. The largest absolute Gasteiger partial charge is 0.329 e. The third-order valence-corrected chi connectivity index (χ3v) is 5.26. The van der Waals surface area contributed by atoms with Crippen LogP contribution in [0, 0.1) is 0 Å². The molecule has 2 nitrogen and oxygen atoms in total. The van der Waals surface area contributed by atoms with E-state index in [0.717, 1.165) is 15.1 Å². The van der Waals surface area contributed by atoms with Crippen LogP contribution >= 0.6 is 27.5 Å². The second kappa shape index (κ2) is 7.79. The molecule has 1 fully saturated rings. The van der Waals surface area contributed by atoms with Gasteiger partial charge in [-0.05, 0) is 37.6 Å². The zero-order valence-electron chi connectivity index (χ0n) is 12.1. The van der Waals surface area contributed by atoms with Gasteiger partial charge in [0.25, 0.3) is 0 Å². The van der Waals surface area contributed by atoms with Gasteiger partial charge in [-0.15, -0.1) is 0 Å². The van der Waals surface area contributed by atoms with Crippen LogP contribution in [0.15, 0.2) is 22.7 Å². The molecule has 1 aromatic rings. The number of likely N-dealkylation sites (N-methyl/N-ethyl adjacent to an activating group) is 1. The Kier molecular flexibility index (Phi) is 6.34. The van der Waals surface area contributed by atoms with E-state index in [0.29, 0.717) is 12.6 Å². The summed E-state index contributed by atoms with van der Waals surface area (Å²) in [5.41, 5.74) is 7.19. The summed E-state index contributed by atoms with van der Waals surface area (Å²) in [5, 5.41) is 0.801. The highest BCUT2D eigenvalue weighted by molar-refractivity contribution is 9.10. The van der Waals surface area contributed by atoms with Gasteiger partial charge in [0.2, 0.25) is 0 Å². The Bertz CT molecular complexity index is 430. The molecule has 1 aliphatic carbocycles. The summed E-state index contributed by atoms with van der Waals surface area (Å²) in [6.45, 7) is 0.606. The first-order valence-corrected chi connectivity index (χ1v) is 8.67. The molecule has 1 aromatic carbocycles. The van der Waals surface area contributed by atoms with Crippen LogP contribution in [0.2, 0.25) is 5.02 Å². The van der Waals surface area contributed by atoms with Crippen LogP contribution < -0.4 is 5.73 Å². The van der Waals surface area contributed by atoms with E-state index in [1.165, 1.54) is 38.5 Å². The minimum absolute atomic E-state index is 0.207. The van der Waals surface area contributed by atoms with Gasteiger partial charge in [-0.1, -0.05) is 59.3 Å². The van der Waals surface area contributed by atoms with Crippen LogP contribution in [0.1, 0.15) is 50.1 Å². The van der Waals surface area contributed by atoms with E-state index >= 15 is 0 Å². The fourth-order valence-corrected chi connectivity index (χ4v) is 4.00. The molecule has 0 saturated heterocycles. The van der Waals surface area contributed by atoms with Gasteiger partial charge in [0.15, 0.2) is 0 Å². The molecule has 0 bridgehead atoms. The monoisotopic (exact) mass is 358 g/mol. The molecule has 0 aromatic heterocycles. The van der Waals surface area contributed by atoms with E-state index in [4.69, 9.17) is 17.3 Å². The first-order valence-electron chi connectivity index (χ1n) is 7.50. The molecule has 1 saturated carbocycles. The van der Waals surface area contributed by atoms with Crippen molar-refractivity contribution in [1.29, 1.82) is 0 Å². The van der Waals surface area contributed by atoms with Gasteiger partial charge in [0.05, 0.1) is 0 Å². The van der Waals surface area contributed by atoms with Gasteiger partial charge < -0.3 is 5.73 Å². The zero-order chi connectivity index (χ0) is 14.5. The molecule has 1 unspecified atom stereocenters. The summed E-state index contributed by atoms with van der Waals surface area (Å²) in [6, 6.07) is 6.94. The van der Waals surface area contributed by atoms with E-state index in [2.05, 4.69) is 33.9 Å². The van der Waals surface area contributed by atoms with Gasteiger partial charge in [0, 0.05) is 28.1 Å². The summed E-state index contributed by atoms with van der Waals surface area (Å²) >= 11 is 9.87. The van der Waals surface area contributed by atoms with Crippen molar-refractivity contribution in [2.75, 3.05) is 13.6 Å². The minimum Gasteiger partial charge on any atom is -0.329 e. The van der Waals surface area contributed by atoms with Crippen molar-refractivity contribution in [3.63, 3.8) is 0 Å². The Morgan fingerprint density at radius 2 is 1.95 bits per heavy atom. The molecular formula is C16H24BrClN2. The number of hydrogen-bond acceptors (Lipinski definition) is 2. The topological polar surface area (TPSA) is 29.3 Å². The number of halogens is 2. The highest BCUT2D eigenvalue weighted by atomic mass is 79.9. The predicted molar refractivity (Wildman–Crippen MR) is 90.2 cm³/mol. The minimum atomic E-state index is 0.207. The van der Waals surface area contributed by atoms with Crippen LogP contribution in [0.3, 0.4) is 0 Å². The number of nitrogens with zero attached hydrogens (tertiary/aromatic N) is 1. The van der Waals surface area contributed by atoms with Crippen LogP contribution in [-0.4, -0.2) is 24.5 Å². The number of hydrogen-bond donors (Lipinski definition) is 1. The van der Waals surface area contributed by atoms with Crippen molar-refractivity contribution >= 4 is 27.5 Å². The maximum Gasteiger partial charge on any atom is 0.0485 e. The van der Waals surface area contributed by atoms with E-state index in [-0.39, 0.29) is 6.04 Å². The lowest BCUT2D eigenvalue weighted by atomic mass is 10.0. The number of benzene rings is 1. The summed E-state index contributed by atoms with van der Waals surface area (Å²) in [5.74, 6) is 0. The lowest BCUT2D eigenvalue weighted by Gasteiger charge is -2.35. The normalized spacial score (nSPS) is 19.1. The standard InChI is InChI=1S/C16H24BrClN2/c1-20(13-6-4-2-3-5-7-13)16(11-19)14-9-8-12(17)10-15(14)18/h8-10,13,16H,2-7,11,19H2,1H3. The van der Waals surface area contributed by atoms with E-state index in [9.17, 15) is 0 Å². The summed E-state index contributed by atoms with van der Waals surface area (Å²) in [7, 11) is 2.20. The highest BCUT2D eigenvalue weighted by Gasteiger charge is 2.25. The maximum absolute atomic E-state index is 6.41. The van der Waals surface area contributed by atoms with Crippen LogP contribution in [-0.2, 0) is 0 Å². The Morgan fingerprint density at radius 1 is 1.30 bits per heavy atom. The Morgan fingerprint density at radius 3 is 2.50 bits per heavy atom. The lowest BCUT2D eigenvalue weighted by Crippen LogP contribution is -2.38. The maximum atomic E-state index is 6.41. The average molecular weight is 360 g/mol. The van der Waals surface area contributed by atoms with Crippen LogP contribution in [0.25, 0.3) is 0 Å². The highest BCUT2D eigenvalue weighted by Crippen LogP contribution is 2.32. The smallest absolute Gasteiger partial charge is 0.0485 e. The van der Waals surface area contributed by atoms with Crippen molar-refractivity contribution in [2.45, 2.75) is 50.6 Å². The Hall–Kier alpha value is -0.0900. The summed E-state index contributed by atoms with van der Waals surface area (Å²) in [6.07, 6.45) is 7.97. The average Bonchev–Trinajstić information content (AvgIpc) is 2.70. The van der Waals surface area contributed by atoms with Crippen LogP contribution in [0.5, 0.6) is 0 Å². The lowest BCUT2D eigenvalue weighted by molar-refractivity contribution is 0.161. The third kappa shape index (κ3) is 3.97. The molecule has 1 atom stereocenters.